The molecule has 0 spiro atoms. The number of hydrogen-bond donors (Lipinski definition) is 2. The Morgan fingerprint density at radius 1 is 1.33 bits per heavy atom. The fourth-order valence-electron chi connectivity index (χ4n) is 1.80. The molecule has 1 aromatic carbocycles. The molecule has 0 aliphatic heterocycles. The average molecular weight is 300 g/mol. The second-order valence-corrected chi connectivity index (χ2v) is 5.24. The van der Waals surface area contributed by atoms with E-state index < -0.39 is 29.9 Å². The third-order valence-corrected chi connectivity index (χ3v) is 2.98. The first-order valence-electron chi connectivity index (χ1n) is 6.99. The Balaban J connectivity index is 2.69. The van der Waals surface area contributed by atoms with Gasteiger partial charge in [-0.1, -0.05) is 6.92 Å². The van der Waals surface area contributed by atoms with Crippen LogP contribution in [0.1, 0.15) is 32.8 Å². The van der Waals surface area contributed by atoms with Crippen LogP contribution in [0.4, 0.5) is 8.78 Å². The van der Waals surface area contributed by atoms with Gasteiger partial charge >= 0.3 is 0 Å². The number of rotatable bonds is 7. The first-order valence-corrected chi connectivity index (χ1v) is 6.99. The van der Waals surface area contributed by atoms with Gasteiger partial charge in [0.2, 0.25) is 0 Å². The molecule has 0 fully saturated rings. The summed E-state index contributed by atoms with van der Waals surface area (Å²) >= 11 is 0. The number of benzene rings is 1. The number of nitrogens with two attached hydrogens (primary N) is 1. The fraction of sp³-hybridized carbons (Fsp3) is 0.533. The number of carbonyl (C=O) groups excluding carboxylic acids is 1. The summed E-state index contributed by atoms with van der Waals surface area (Å²) in [4.78, 5) is 11.5. The molecule has 1 rings (SSSR count). The van der Waals surface area contributed by atoms with Crippen molar-refractivity contribution in [3.8, 4) is 5.75 Å². The highest BCUT2D eigenvalue weighted by atomic mass is 19.1. The predicted octanol–water partition coefficient (Wildman–Crippen LogP) is 2.15. The van der Waals surface area contributed by atoms with E-state index in [9.17, 15) is 13.6 Å². The third-order valence-electron chi connectivity index (χ3n) is 2.98. The van der Waals surface area contributed by atoms with Crippen molar-refractivity contribution in [3.63, 3.8) is 0 Å². The van der Waals surface area contributed by atoms with Gasteiger partial charge in [-0.2, -0.15) is 0 Å². The number of ether oxygens (including phenoxy) is 1. The number of nitrogens with one attached hydrogen (secondary N) is 1. The van der Waals surface area contributed by atoms with Crippen LogP contribution in [0.15, 0.2) is 12.1 Å². The van der Waals surface area contributed by atoms with E-state index in [0.29, 0.717) is 12.0 Å². The van der Waals surface area contributed by atoms with Gasteiger partial charge in [0.1, 0.15) is 0 Å². The Labute approximate surface area is 123 Å². The minimum Gasteiger partial charge on any atom is -0.478 e. The zero-order valence-electron chi connectivity index (χ0n) is 12.6. The number of halogens is 2. The van der Waals surface area contributed by atoms with E-state index in [0.717, 1.165) is 6.42 Å². The maximum Gasteiger partial charge on any atom is 0.258 e. The van der Waals surface area contributed by atoms with Gasteiger partial charge in [0.05, 0.1) is 0 Å². The van der Waals surface area contributed by atoms with Gasteiger partial charge < -0.3 is 15.8 Å². The lowest BCUT2D eigenvalue weighted by molar-refractivity contribution is -0.123. The lowest BCUT2D eigenvalue weighted by Gasteiger charge is -2.13. The second-order valence-electron chi connectivity index (χ2n) is 5.24. The largest absolute Gasteiger partial charge is 0.478 e. The Kier molecular flexibility index (Phi) is 6.55. The number of carbonyl (C=O) groups is 1. The number of hydrogen-bond acceptors (Lipinski definition) is 3. The second kappa shape index (κ2) is 7.93. The van der Waals surface area contributed by atoms with Gasteiger partial charge in [-0.15, -0.1) is 0 Å². The molecule has 3 N–H and O–H groups in total. The van der Waals surface area contributed by atoms with Crippen molar-refractivity contribution in [1.29, 1.82) is 0 Å². The van der Waals surface area contributed by atoms with E-state index in [4.69, 9.17) is 10.5 Å². The van der Waals surface area contributed by atoms with Crippen LogP contribution in [-0.2, 0) is 11.2 Å². The van der Waals surface area contributed by atoms with Crippen LogP contribution >= 0.6 is 0 Å². The molecule has 0 heterocycles. The van der Waals surface area contributed by atoms with Crippen molar-refractivity contribution in [3.05, 3.63) is 29.3 Å². The molecule has 0 saturated carbocycles. The highest BCUT2D eigenvalue weighted by Crippen LogP contribution is 2.23. The standard InChI is InChI=1S/C15H22F2N2O2/c1-4-10(3)19-14(20)8-21-15-12(16)6-11(5-9(2)18)7-13(15)17/h6-7,9-10H,4-5,8,18H2,1-3H3,(H,19,20). The van der Waals surface area contributed by atoms with E-state index in [1.165, 1.54) is 12.1 Å². The molecular formula is C15H22F2N2O2. The van der Waals surface area contributed by atoms with E-state index in [1.807, 2.05) is 13.8 Å². The van der Waals surface area contributed by atoms with Gasteiger partial charge in [0, 0.05) is 12.1 Å². The summed E-state index contributed by atoms with van der Waals surface area (Å²) < 4.78 is 32.5. The molecule has 1 amide bonds. The highest BCUT2D eigenvalue weighted by molar-refractivity contribution is 5.77. The Bertz CT molecular complexity index is 470. The topological polar surface area (TPSA) is 64.3 Å². The van der Waals surface area contributed by atoms with Gasteiger partial charge in [-0.25, -0.2) is 8.78 Å². The van der Waals surface area contributed by atoms with Crippen molar-refractivity contribution in [1.82, 2.24) is 5.32 Å². The fourth-order valence-corrected chi connectivity index (χ4v) is 1.80. The molecule has 0 radical (unpaired) electrons. The highest BCUT2D eigenvalue weighted by Gasteiger charge is 2.15. The Morgan fingerprint density at radius 2 is 1.90 bits per heavy atom. The van der Waals surface area contributed by atoms with E-state index in [1.54, 1.807) is 6.92 Å². The molecule has 21 heavy (non-hydrogen) atoms. The Hall–Kier alpha value is -1.69. The third kappa shape index (κ3) is 5.67. The monoisotopic (exact) mass is 300 g/mol. The van der Waals surface area contributed by atoms with Crippen molar-refractivity contribution in [2.24, 2.45) is 5.73 Å². The van der Waals surface area contributed by atoms with Crippen LogP contribution in [0.2, 0.25) is 0 Å². The number of amides is 1. The molecule has 0 aliphatic carbocycles. The summed E-state index contributed by atoms with van der Waals surface area (Å²) in [6, 6.07) is 2.14. The van der Waals surface area contributed by atoms with Crippen LogP contribution in [0.25, 0.3) is 0 Å². The summed E-state index contributed by atoms with van der Waals surface area (Å²) in [5.41, 5.74) is 6.05. The molecule has 0 aliphatic rings. The predicted molar refractivity (Wildman–Crippen MR) is 77.1 cm³/mol. The molecule has 0 aromatic heterocycles. The lowest BCUT2D eigenvalue weighted by Crippen LogP contribution is -2.35. The normalized spacial score (nSPS) is 13.6. The van der Waals surface area contributed by atoms with E-state index >= 15 is 0 Å². The molecule has 2 unspecified atom stereocenters. The maximum atomic E-state index is 13.8. The van der Waals surface area contributed by atoms with Crippen molar-refractivity contribution < 1.29 is 18.3 Å². The van der Waals surface area contributed by atoms with E-state index in [-0.39, 0.29) is 12.1 Å². The van der Waals surface area contributed by atoms with Gasteiger partial charge in [0.25, 0.3) is 5.91 Å². The summed E-state index contributed by atoms with van der Waals surface area (Å²) in [5.74, 6) is -2.62. The molecule has 118 valence electrons. The maximum absolute atomic E-state index is 13.8. The molecule has 4 nitrogen and oxygen atoms in total. The van der Waals surface area contributed by atoms with Gasteiger partial charge in [-0.05, 0) is 44.4 Å². The van der Waals surface area contributed by atoms with Gasteiger partial charge in [-0.3, -0.25) is 4.79 Å². The smallest absolute Gasteiger partial charge is 0.258 e. The average Bonchev–Trinajstić information content (AvgIpc) is 2.36. The van der Waals surface area contributed by atoms with Crippen LogP contribution in [0.3, 0.4) is 0 Å². The van der Waals surface area contributed by atoms with Crippen LogP contribution < -0.4 is 15.8 Å². The summed E-state index contributed by atoms with van der Waals surface area (Å²) in [5, 5.41) is 2.65. The van der Waals surface area contributed by atoms with Crippen LogP contribution in [-0.4, -0.2) is 24.6 Å². The van der Waals surface area contributed by atoms with Crippen LogP contribution in [0, 0.1) is 11.6 Å². The zero-order chi connectivity index (χ0) is 16.0. The SMILES string of the molecule is CCC(C)NC(=O)COc1c(F)cc(CC(C)N)cc1F. The summed E-state index contributed by atoms with van der Waals surface area (Å²) in [7, 11) is 0. The minimum atomic E-state index is -0.831. The molecule has 0 saturated heterocycles. The van der Waals surface area contributed by atoms with Crippen molar-refractivity contribution in [2.75, 3.05) is 6.61 Å². The quantitative estimate of drug-likeness (QED) is 0.811. The Morgan fingerprint density at radius 3 is 2.38 bits per heavy atom. The van der Waals surface area contributed by atoms with Crippen LogP contribution in [0.5, 0.6) is 5.75 Å². The summed E-state index contributed by atoms with van der Waals surface area (Å²) in [6.07, 6.45) is 1.13. The van der Waals surface area contributed by atoms with Crippen molar-refractivity contribution in [2.45, 2.75) is 45.7 Å². The molecular weight excluding hydrogens is 278 g/mol. The minimum absolute atomic E-state index is 0.00999. The lowest BCUT2D eigenvalue weighted by atomic mass is 10.1. The summed E-state index contributed by atoms with van der Waals surface area (Å²) in [6.45, 7) is 5.08. The first kappa shape index (κ1) is 17.4. The molecule has 6 heteroatoms. The molecule has 0 bridgehead atoms. The van der Waals surface area contributed by atoms with E-state index in [2.05, 4.69) is 5.32 Å². The van der Waals surface area contributed by atoms with Gasteiger partial charge in [0.15, 0.2) is 24.0 Å². The van der Waals surface area contributed by atoms with Crippen molar-refractivity contribution >= 4 is 5.91 Å². The zero-order valence-corrected chi connectivity index (χ0v) is 12.6. The molecule has 2 atom stereocenters. The first-order chi connectivity index (χ1) is 9.83. The molecule has 1 aromatic rings.